The van der Waals surface area contributed by atoms with Crippen LogP contribution in [0.3, 0.4) is 0 Å². The van der Waals surface area contributed by atoms with Crippen LogP contribution >= 0.6 is 0 Å². The van der Waals surface area contributed by atoms with Crippen LogP contribution in [0.5, 0.6) is 0 Å². The van der Waals surface area contributed by atoms with Crippen molar-refractivity contribution in [1.82, 2.24) is 10.2 Å². The Labute approximate surface area is 140 Å². The van der Waals surface area contributed by atoms with Crippen molar-refractivity contribution in [2.24, 2.45) is 5.90 Å². The lowest BCUT2D eigenvalue weighted by Crippen LogP contribution is -2.39. The zero-order valence-corrected chi connectivity index (χ0v) is 13.8. The van der Waals surface area contributed by atoms with E-state index in [9.17, 15) is 14.4 Å². The van der Waals surface area contributed by atoms with Crippen LogP contribution in [0.1, 0.15) is 23.7 Å². The van der Waals surface area contributed by atoms with E-state index < -0.39 is 5.97 Å². The monoisotopic (exact) mass is 340 g/mol. The number of rotatable bonds is 7. The molecule has 0 fully saturated rings. The molecule has 0 aliphatic carbocycles. The van der Waals surface area contributed by atoms with Gasteiger partial charge in [0.1, 0.15) is 6.42 Å². The number of hydrogen-bond donors (Lipinski definition) is 4. The molecule has 1 aromatic carbocycles. The first-order valence-corrected chi connectivity index (χ1v) is 7.22. The number of nitrogens with two attached hydrogens (primary N) is 2. The average Bonchev–Trinajstić information content (AvgIpc) is 2.60. The summed E-state index contributed by atoms with van der Waals surface area (Å²) >= 11 is 0. The number of hydrogen-bond acceptors (Lipinski definition) is 7. The third-order valence-corrected chi connectivity index (χ3v) is 3.10. The van der Waals surface area contributed by atoms with Crippen LogP contribution in [0.15, 0.2) is 24.3 Å². The molecule has 0 atom stereocenters. The standard InChI is InChI=1S/C15H21N3O4.H3NO/c1-3-18(13(19)10-14(20)22-2)9-8-17-15(21)11-4-6-12(16)7-5-11;1-2/h4-7H,3,8-10,16H2,1-2H3,(H,17,21);2H,1H2. The summed E-state index contributed by atoms with van der Waals surface area (Å²) in [4.78, 5) is 36.3. The Morgan fingerprint density at radius 3 is 2.29 bits per heavy atom. The lowest BCUT2D eigenvalue weighted by Gasteiger charge is -2.20. The summed E-state index contributed by atoms with van der Waals surface area (Å²) in [6.45, 7) is 2.88. The Balaban J connectivity index is 0.00000254. The third kappa shape index (κ3) is 7.56. The lowest BCUT2D eigenvalue weighted by molar-refractivity contribution is -0.146. The molecule has 0 spiro atoms. The fourth-order valence-corrected chi connectivity index (χ4v) is 1.81. The summed E-state index contributed by atoms with van der Waals surface area (Å²) in [5, 5.41) is 9.22. The third-order valence-electron chi connectivity index (χ3n) is 3.10. The summed E-state index contributed by atoms with van der Waals surface area (Å²) in [6, 6.07) is 6.55. The number of anilines is 1. The van der Waals surface area contributed by atoms with Gasteiger partial charge in [0.15, 0.2) is 0 Å². The zero-order chi connectivity index (χ0) is 18.5. The average molecular weight is 340 g/mol. The second-order valence-corrected chi connectivity index (χ2v) is 4.60. The maximum absolute atomic E-state index is 11.9. The van der Waals surface area contributed by atoms with E-state index in [2.05, 4.69) is 16.0 Å². The number of amides is 2. The first kappa shape index (κ1) is 21.4. The number of nitrogen functional groups attached to an aromatic ring is 1. The van der Waals surface area contributed by atoms with Crippen molar-refractivity contribution in [3.63, 3.8) is 0 Å². The van der Waals surface area contributed by atoms with Crippen molar-refractivity contribution < 1.29 is 24.3 Å². The van der Waals surface area contributed by atoms with E-state index >= 15 is 0 Å². The quantitative estimate of drug-likeness (QED) is 0.231. The molecule has 1 aromatic rings. The molecule has 134 valence electrons. The fourth-order valence-electron chi connectivity index (χ4n) is 1.81. The number of benzene rings is 1. The molecule has 6 N–H and O–H groups in total. The number of nitrogens with one attached hydrogen (secondary N) is 1. The van der Waals surface area contributed by atoms with Crippen molar-refractivity contribution in [3.05, 3.63) is 29.8 Å². The predicted molar refractivity (Wildman–Crippen MR) is 88.0 cm³/mol. The van der Waals surface area contributed by atoms with Gasteiger partial charge in [-0.15, -0.1) is 0 Å². The molecule has 0 aliphatic heterocycles. The topological polar surface area (TPSA) is 148 Å². The molecule has 0 heterocycles. The summed E-state index contributed by atoms with van der Waals surface area (Å²) < 4.78 is 4.46. The van der Waals surface area contributed by atoms with Crippen LogP contribution in [-0.4, -0.2) is 54.6 Å². The highest BCUT2D eigenvalue weighted by Gasteiger charge is 2.16. The largest absolute Gasteiger partial charge is 0.469 e. The van der Waals surface area contributed by atoms with Crippen LogP contribution < -0.4 is 16.9 Å². The Bertz CT molecular complexity index is 533. The van der Waals surface area contributed by atoms with E-state index in [1.54, 1.807) is 31.2 Å². The lowest BCUT2D eigenvalue weighted by atomic mass is 10.2. The van der Waals surface area contributed by atoms with Crippen molar-refractivity contribution >= 4 is 23.5 Å². The molecule has 1 rings (SSSR count). The summed E-state index contributed by atoms with van der Waals surface area (Å²) in [5.41, 5.74) is 6.64. The number of nitrogens with zero attached hydrogens (tertiary/aromatic N) is 1. The minimum absolute atomic E-state index is 0.239. The van der Waals surface area contributed by atoms with Gasteiger partial charge in [0.05, 0.1) is 7.11 Å². The zero-order valence-electron chi connectivity index (χ0n) is 13.8. The SMILES string of the molecule is CCN(CCNC(=O)c1ccc(N)cc1)C(=O)CC(=O)OC.NO. The van der Waals surface area contributed by atoms with Crippen LogP contribution in [0.25, 0.3) is 0 Å². The predicted octanol–water partition coefficient (Wildman–Crippen LogP) is -0.255. The minimum Gasteiger partial charge on any atom is -0.469 e. The minimum atomic E-state index is -0.575. The summed E-state index contributed by atoms with van der Waals surface area (Å²) in [7, 11) is 1.23. The Morgan fingerprint density at radius 2 is 1.79 bits per heavy atom. The van der Waals surface area contributed by atoms with Gasteiger partial charge in [-0.3, -0.25) is 14.4 Å². The summed E-state index contributed by atoms with van der Waals surface area (Å²) in [5.74, 6) is 2.36. The molecular weight excluding hydrogens is 316 g/mol. The molecule has 0 bridgehead atoms. The molecule has 0 aliphatic rings. The Kier molecular flexibility index (Phi) is 10.5. The molecule has 0 aromatic heterocycles. The van der Waals surface area contributed by atoms with Gasteiger partial charge in [-0.05, 0) is 31.2 Å². The van der Waals surface area contributed by atoms with E-state index in [1.807, 2.05) is 0 Å². The first-order chi connectivity index (χ1) is 11.5. The number of esters is 1. The molecule has 9 heteroatoms. The van der Waals surface area contributed by atoms with Crippen LogP contribution in [-0.2, 0) is 14.3 Å². The van der Waals surface area contributed by atoms with E-state index in [0.717, 1.165) is 0 Å². The van der Waals surface area contributed by atoms with E-state index in [4.69, 9.17) is 10.9 Å². The number of carbonyl (C=O) groups is 3. The van der Waals surface area contributed by atoms with Crippen molar-refractivity contribution in [1.29, 1.82) is 0 Å². The maximum atomic E-state index is 11.9. The van der Waals surface area contributed by atoms with E-state index in [1.165, 1.54) is 12.0 Å². The smallest absolute Gasteiger partial charge is 0.315 e. The normalized spacial score (nSPS) is 9.33. The molecular formula is C15H24N4O5. The van der Waals surface area contributed by atoms with Crippen molar-refractivity contribution in [2.75, 3.05) is 32.5 Å². The van der Waals surface area contributed by atoms with Gasteiger partial charge in [-0.25, -0.2) is 5.90 Å². The van der Waals surface area contributed by atoms with Gasteiger partial charge in [0, 0.05) is 30.9 Å². The van der Waals surface area contributed by atoms with E-state index in [-0.39, 0.29) is 18.2 Å². The number of methoxy groups -OCH3 is 1. The molecule has 0 saturated carbocycles. The van der Waals surface area contributed by atoms with Gasteiger partial charge >= 0.3 is 5.97 Å². The van der Waals surface area contributed by atoms with Gasteiger partial charge in [-0.1, -0.05) is 0 Å². The van der Waals surface area contributed by atoms with Crippen LogP contribution in [0.4, 0.5) is 5.69 Å². The second-order valence-electron chi connectivity index (χ2n) is 4.60. The molecule has 2 amide bonds. The van der Waals surface area contributed by atoms with Crippen molar-refractivity contribution in [2.45, 2.75) is 13.3 Å². The first-order valence-electron chi connectivity index (χ1n) is 7.22. The Hall–Kier alpha value is -2.65. The molecule has 0 unspecified atom stereocenters. The molecule has 9 nitrogen and oxygen atoms in total. The summed E-state index contributed by atoms with van der Waals surface area (Å²) in [6.07, 6.45) is -0.295. The number of carbonyl (C=O) groups excluding carboxylic acids is 3. The maximum Gasteiger partial charge on any atom is 0.315 e. The van der Waals surface area contributed by atoms with Gasteiger partial charge in [-0.2, -0.15) is 0 Å². The van der Waals surface area contributed by atoms with Gasteiger partial charge < -0.3 is 25.9 Å². The Morgan fingerprint density at radius 1 is 1.21 bits per heavy atom. The molecule has 0 saturated heterocycles. The van der Waals surface area contributed by atoms with E-state index in [0.29, 0.717) is 30.9 Å². The van der Waals surface area contributed by atoms with Crippen molar-refractivity contribution in [3.8, 4) is 0 Å². The van der Waals surface area contributed by atoms with Crippen LogP contribution in [0.2, 0.25) is 0 Å². The molecule has 24 heavy (non-hydrogen) atoms. The van der Waals surface area contributed by atoms with Crippen LogP contribution in [0, 0.1) is 0 Å². The second kappa shape index (κ2) is 11.9. The number of likely N-dealkylation sites (N-methyl/N-ethyl adjacent to an activating group) is 1. The molecule has 0 radical (unpaired) electrons. The number of ether oxygens (including phenoxy) is 1. The fraction of sp³-hybridized carbons (Fsp3) is 0.400. The highest BCUT2D eigenvalue weighted by Crippen LogP contribution is 2.05. The van der Waals surface area contributed by atoms with Gasteiger partial charge in [0.25, 0.3) is 5.91 Å². The highest BCUT2D eigenvalue weighted by molar-refractivity contribution is 5.95. The highest BCUT2D eigenvalue weighted by atomic mass is 16.5. The van der Waals surface area contributed by atoms with Gasteiger partial charge in [0.2, 0.25) is 5.91 Å².